The van der Waals surface area contributed by atoms with Crippen molar-refractivity contribution in [3.05, 3.63) is 53.6 Å². The number of hydrogen-bond donors (Lipinski definition) is 2. The van der Waals surface area contributed by atoms with Gasteiger partial charge in [0.2, 0.25) is 16.0 Å². The summed E-state index contributed by atoms with van der Waals surface area (Å²) in [7, 11) is -3.89. The van der Waals surface area contributed by atoms with Gasteiger partial charge in [0.05, 0.1) is 15.9 Å². The second-order valence-corrected chi connectivity index (χ2v) is 7.61. The van der Waals surface area contributed by atoms with Crippen LogP contribution in [0.1, 0.15) is 29.3 Å². The van der Waals surface area contributed by atoms with E-state index in [1.807, 2.05) is 35.8 Å². The molecule has 1 aromatic heterocycles. The number of para-hydroxylation sites is 2. The first kappa shape index (κ1) is 18.1. The minimum absolute atomic E-state index is 0.102. The molecule has 0 spiro atoms. The summed E-state index contributed by atoms with van der Waals surface area (Å²) in [5, 5.41) is 7.96. The highest BCUT2D eigenvalue weighted by Gasteiger charge is 2.18. The maximum atomic E-state index is 12.7. The molecular formula is C18H20N4O3S. The zero-order chi connectivity index (χ0) is 18.9. The lowest BCUT2D eigenvalue weighted by Crippen LogP contribution is -2.19. The van der Waals surface area contributed by atoms with Crippen LogP contribution in [0.15, 0.2) is 47.4 Å². The second kappa shape index (κ2) is 6.89. The Hall–Kier alpha value is -2.71. The molecule has 1 heterocycles. The number of amides is 1. The summed E-state index contributed by atoms with van der Waals surface area (Å²) in [6, 6.07) is 11.9. The van der Waals surface area contributed by atoms with Crippen LogP contribution in [0.3, 0.4) is 0 Å². The van der Waals surface area contributed by atoms with Gasteiger partial charge in [0.15, 0.2) is 0 Å². The first-order chi connectivity index (χ1) is 12.3. The Morgan fingerprint density at radius 2 is 1.96 bits per heavy atom. The lowest BCUT2D eigenvalue weighted by Gasteiger charge is -2.11. The number of nitrogens with zero attached hydrogens (tertiary/aromatic N) is 2. The minimum Gasteiger partial charge on any atom is -0.310 e. The Balaban J connectivity index is 2.01. The highest BCUT2D eigenvalue weighted by molar-refractivity contribution is 7.89. The number of carbonyl (C=O) groups is 1. The van der Waals surface area contributed by atoms with Crippen LogP contribution in [-0.4, -0.2) is 23.9 Å². The SMILES string of the molecule is CCCn1c(NC(=O)c2cc(S(N)(=O)=O)ccc2C)nc2ccccc21. The maximum absolute atomic E-state index is 12.7. The summed E-state index contributed by atoms with van der Waals surface area (Å²) < 4.78 is 25.1. The van der Waals surface area contributed by atoms with Crippen molar-refractivity contribution in [3.63, 3.8) is 0 Å². The summed E-state index contributed by atoms with van der Waals surface area (Å²) >= 11 is 0. The number of nitrogens with two attached hydrogens (primary N) is 1. The lowest BCUT2D eigenvalue weighted by atomic mass is 10.1. The number of carbonyl (C=O) groups excluding carboxylic acids is 1. The lowest BCUT2D eigenvalue weighted by molar-refractivity contribution is 0.102. The van der Waals surface area contributed by atoms with Crippen LogP contribution >= 0.6 is 0 Å². The van der Waals surface area contributed by atoms with Gasteiger partial charge in [-0.2, -0.15) is 0 Å². The van der Waals surface area contributed by atoms with E-state index in [-0.39, 0.29) is 10.5 Å². The van der Waals surface area contributed by atoms with Gasteiger partial charge in [0, 0.05) is 12.1 Å². The fourth-order valence-corrected chi connectivity index (χ4v) is 3.35. The van der Waals surface area contributed by atoms with E-state index in [4.69, 9.17) is 5.14 Å². The Morgan fingerprint density at radius 1 is 1.23 bits per heavy atom. The number of imidazole rings is 1. The average molecular weight is 372 g/mol. The summed E-state index contributed by atoms with van der Waals surface area (Å²) in [6.07, 6.45) is 0.878. The van der Waals surface area contributed by atoms with E-state index >= 15 is 0 Å². The van der Waals surface area contributed by atoms with Gasteiger partial charge in [-0.25, -0.2) is 18.5 Å². The number of anilines is 1. The fourth-order valence-electron chi connectivity index (χ4n) is 2.81. The Bertz CT molecular complexity index is 1090. The van der Waals surface area contributed by atoms with E-state index in [0.29, 0.717) is 18.1 Å². The topological polar surface area (TPSA) is 107 Å². The van der Waals surface area contributed by atoms with Crippen molar-refractivity contribution < 1.29 is 13.2 Å². The largest absolute Gasteiger partial charge is 0.310 e. The van der Waals surface area contributed by atoms with Gasteiger partial charge in [-0.1, -0.05) is 25.1 Å². The van der Waals surface area contributed by atoms with E-state index < -0.39 is 15.9 Å². The number of primary sulfonamides is 1. The van der Waals surface area contributed by atoms with Crippen LogP contribution < -0.4 is 10.5 Å². The molecule has 0 saturated carbocycles. The van der Waals surface area contributed by atoms with Crippen molar-refractivity contribution >= 4 is 32.9 Å². The number of nitrogens with one attached hydrogen (secondary N) is 1. The summed E-state index contributed by atoms with van der Waals surface area (Å²) in [4.78, 5) is 17.1. The molecule has 7 nitrogen and oxygen atoms in total. The third-order valence-corrected chi connectivity index (χ3v) is 5.02. The third kappa shape index (κ3) is 3.47. The van der Waals surface area contributed by atoms with Crippen LogP contribution in [0.25, 0.3) is 11.0 Å². The normalized spacial score (nSPS) is 11.7. The third-order valence-electron chi connectivity index (χ3n) is 4.11. The highest BCUT2D eigenvalue weighted by atomic mass is 32.2. The molecule has 0 aliphatic rings. The molecule has 26 heavy (non-hydrogen) atoms. The fraction of sp³-hybridized carbons (Fsp3) is 0.222. The molecule has 2 aromatic carbocycles. The Morgan fingerprint density at radius 3 is 2.65 bits per heavy atom. The van der Waals surface area contributed by atoms with Crippen molar-refractivity contribution in [1.29, 1.82) is 0 Å². The van der Waals surface area contributed by atoms with Gasteiger partial charge in [-0.3, -0.25) is 10.1 Å². The summed E-state index contributed by atoms with van der Waals surface area (Å²) in [5.74, 6) is -0.000817. The molecule has 0 unspecified atom stereocenters. The molecule has 3 rings (SSSR count). The van der Waals surface area contributed by atoms with Crippen LogP contribution in [0.2, 0.25) is 0 Å². The average Bonchev–Trinajstić information content (AvgIpc) is 2.92. The number of sulfonamides is 1. The smallest absolute Gasteiger partial charge is 0.258 e. The Kier molecular flexibility index (Phi) is 4.80. The van der Waals surface area contributed by atoms with Gasteiger partial charge in [0.25, 0.3) is 5.91 Å². The van der Waals surface area contributed by atoms with Gasteiger partial charge in [0.1, 0.15) is 0 Å². The predicted molar refractivity (Wildman–Crippen MR) is 101 cm³/mol. The molecule has 8 heteroatoms. The van der Waals surface area contributed by atoms with Crippen LogP contribution in [0.5, 0.6) is 0 Å². The molecule has 0 saturated heterocycles. The molecule has 3 aromatic rings. The number of hydrogen-bond acceptors (Lipinski definition) is 4. The van der Waals surface area contributed by atoms with E-state index in [0.717, 1.165) is 17.5 Å². The molecule has 0 atom stereocenters. The molecule has 0 aliphatic heterocycles. The van der Waals surface area contributed by atoms with Crippen molar-refractivity contribution in [2.75, 3.05) is 5.32 Å². The summed E-state index contributed by atoms with van der Waals surface area (Å²) in [6.45, 7) is 4.48. The molecule has 136 valence electrons. The number of rotatable bonds is 5. The number of aryl methyl sites for hydroxylation is 2. The first-order valence-corrected chi connectivity index (χ1v) is 9.76. The van der Waals surface area contributed by atoms with Gasteiger partial charge in [-0.15, -0.1) is 0 Å². The highest BCUT2D eigenvalue weighted by Crippen LogP contribution is 2.22. The monoisotopic (exact) mass is 372 g/mol. The molecular weight excluding hydrogens is 352 g/mol. The van der Waals surface area contributed by atoms with Crippen LogP contribution in [0, 0.1) is 6.92 Å². The first-order valence-electron chi connectivity index (χ1n) is 8.21. The standard InChI is InChI=1S/C18H20N4O3S/c1-3-10-22-16-7-5-4-6-15(16)20-18(22)21-17(23)14-11-13(26(19,24)25)9-8-12(14)2/h4-9,11H,3,10H2,1-2H3,(H2,19,24,25)(H,20,21,23). The number of aromatic nitrogens is 2. The van der Waals surface area contributed by atoms with Crippen molar-refractivity contribution in [2.45, 2.75) is 31.7 Å². The number of fused-ring (bicyclic) bond motifs is 1. The van der Waals surface area contributed by atoms with E-state index in [9.17, 15) is 13.2 Å². The van der Waals surface area contributed by atoms with Crippen molar-refractivity contribution in [3.8, 4) is 0 Å². The van der Waals surface area contributed by atoms with Gasteiger partial charge >= 0.3 is 0 Å². The van der Waals surface area contributed by atoms with Crippen molar-refractivity contribution in [2.24, 2.45) is 5.14 Å². The van der Waals surface area contributed by atoms with Crippen LogP contribution in [-0.2, 0) is 16.6 Å². The van der Waals surface area contributed by atoms with E-state index in [1.165, 1.54) is 12.1 Å². The quantitative estimate of drug-likeness (QED) is 0.718. The molecule has 0 aliphatic carbocycles. The maximum Gasteiger partial charge on any atom is 0.258 e. The van der Waals surface area contributed by atoms with E-state index in [1.54, 1.807) is 13.0 Å². The zero-order valence-corrected chi connectivity index (χ0v) is 15.4. The molecule has 3 N–H and O–H groups in total. The zero-order valence-electron chi connectivity index (χ0n) is 14.6. The molecule has 1 amide bonds. The summed E-state index contributed by atoms with van der Waals surface area (Å²) in [5.41, 5.74) is 2.60. The van der Waals surface area contributed by atoms with Gasteiger partial charge in [-0.05, 0) is 43.2 Å². The predicted octanol–water partition coefficient (Wildman–Crippen LogP) is 2.65. The van der Waals surface area contributed by atoms with Gasteiger partial charge < -0.3 is 4.57 Å². The molecule has 0 fully saturated rings. The molecule has 0 radical (unpaired) electrons. The second-order valence-electron chi connectivity index (χ2n) is 6.05. The minimum atomic E-state index is -3.89. The number of benzene rings is 2. The van der Waals surface area contributed by atoms with Crippen LogP contribution in [0.4, 0.5) is 5.95 Å². The van der Waals surface area contributed by atoms with E-state index in [2.05, 4.69) is 10.3 Å². The Labute approximate surface area is 151 Å². The van der Waals surface area contributed by atoms with Crippen molar-refractivity contribution in [1.82, 2.24) is 9.55 Å². The molecule has 0 bridgehead atoms.